The molecule has 0 aromatic carbocycles. The molecule has 0 spiro atoms. The molecule has 1 atom stereocenters. The zero-order chi connectivity index (χ0) is 14.4. The Bertz CT molecular complexity index is 425. The number of aromatic nitrogens is 2. The fourth-order valence-electron chi connectivity index (χ4n) is 1.94. The number of carbonyl (C=O) groups is 1. The molecule has 0 fully saturated rings. The number of nitrogens with one attached hydrogen (secondary N) is 2. The van der Waals surface area contributed by atoms with Gasteiger partial charge in [0.05, 0.1) is 5.69 Å². The van der Waals surface area contributed by atoms with Crippen LogP contribution in [0, 0.1) is 13.8 Å². The molecule has 0 aliphatic heterocycles. The highest BCUT2D eigenvalue weighted by Gasteiger charge is 2.09. The molecule has 5 heteroatoms. The Morgan fingerprint density at radius 2 is 2.11 bits per heavy atom. The molecule has 1 aromatic heterocycles. The Morgan fingerprint density at radius 3 is 2.63 bits per heavy atom. The van der Waals surface area contributed by atoms with E-state index in [-0.39, 0.29) is 11.9 Å². The van der Waals surface area contributed by atoms with Crippen molar-refractivity contribution in [3.05, 3.63) is 17.0 Å². The molecule has 1 rings (SSSR count). The monoisotopic (exact) mass is 266 g/mol. The first-order valence-corrected chi connectivity index (χ1v) is 6.94. The molecule has 0 radical (unpaired) electrons. The topological polar surface area (TPSA) is 59.0 Å². The zero-order valence-electron chi connectivity index (χ0n) is 12.7. The van der Waals surface area contributed by atoms with Gasteiger partial charge in [-0.15, -0.1) is 0 Å². The van der Waals surface area contributed by atoms with E-state index in [1.165, 1.54) is 11.3 Å². The second-order valence-corrected chi connectivity index (χ2v) is 5.08. The van der Waals surface area contributed by atoms with Gasteiger partial charge < -0.3 is 10.6 Å². The lowest BCUT2D eigenvalue weighted by Gasteiger charge is -2.11. The van der Waals surface area contributed by atoms with Gasteiger partial charge in [-0.2, -0.15) is 5.10 Å². The van der Waals surface area contributed by atoms with E-state index in [2.05, 4.69) is 29.6 Å². The molecule has 1 unspecified atom stereocenters. The maximum Gasteiger partial charge on any atom is 0.221 e. The standard InChI is InChI=1S/C14H26N4O/c1-6-10(2)16-14(19)7-8-15-9-13-11(3)17-18(5)12(13)4/h10,15H,6-9H2,1-5H3,(H,16,19). The quantitative estimate of drug-likeness (QED) is 0.734. The molecule has 5 nitrogen and oxygen atoms in total. The summed E-state index contributed by atoms with van der Waals surface area (Å²) < 4.78 is 1.89. The van der Waals surface area contributed by atoms with Gasteiger partial charge in [0.2, 0.25) is 5.91 Å². The molecule has 0 aliphatic rings. The van der Waals surface area contributed by atoms with Gasteiger partial charge >= 0.3 is 0 Å². The van der Waals surface area contributed by atoms with Crippen molar-refractivity contribution < 1.29 is 4.79 Å². The Labute approximate surface area is 115 Å². The molecule has 0 saturated carbocycles. The molecule has 1 heterocycles. The van der Waals surface area contributed by atoms with Gasteiger partial charge in [-0.25, -0.2) is 0 Å². The summed E-state index contributed by atoms with van der Waals surface area (Å²) in [7, 11) is 1.95. The molecule has 1 aromatic rings. The van der Waals surface area contributed by atoms with Crippen LogP contribution in [0.2, 0.25) is 0 Å². The van der Waals surface area contributed by atoms with Crippen LogP contribution in [0.15, 0.2) is 0 Å². The maximum absolute atomic E-state index is 11.6. The summed E-state index contributed by atoms with van der Waals surface area (Å²) >= 11 is 0. The second-order valence-electron chi connectivity index (χ2n) is 5.08. The number of aryl methyl sites for hydroxylation is 2. The van der Waals surface area contributed by atoms with Crippen molar-refractivity contribution in [3.8, 4) is 0 Å². The number of hydrogen-bond acceptors (Lipinski definition) is 3. The van der Waals surface area contributed by atoms with E-state index in [0.29, 0.717) is 13.0 Å². The fraction of sp³-hybridized carbons (Fsp3) is 0.714. The highest BCUT2D eigenvalue weighted by Crippen LogP contribution is 2.10. The van der Waals surface area contributed by atoms with Gasteiger partial charge in [0.1, 0.15) is 0 Å². The molecule has 2 N–H and O–H groups in total. The third-order valence-electron chi connectivity index (χ3n) is 3.51. The number of hydrogen-bond donors (Lipinski definition) is 2. The lowest BCUT2D eigenvalue weighted by atomic mass is 10.2. The number of carbonyl (C=O) groups excluding carboxylic acids is 1. The van der Waals surface area contributed by atoms with Crippen LogP contribution < -0.4 is 10.6 Å². The Kier molecular flexibility index (Phi) is 6.02. The Balaban J connectivity index is 2.29. The summed E-state index contributed by atoms with van der Waals surface area (Å²) in [5, 5.41) is 10.6. The Hall–Kier alpha value is -1.36. The van der Waals surface area contributed by atoms with Gasteiger partial charge in [0.25, 0.3) is 0 Å². The predicted octanol–water partition coefficient (Wildman–Crippen LogP) is 1.43. The Morgan fingerprint density at radius 1 is 1.42 bits per heavy atom. The van der Waals surface area contributed by atoms with E-state index in [1.54, 1.807) is 0 Å². The van der Waals surface area contributed by atoms with Crippen molar-refractivity contribution in [2.24, 2.45) is 7.05 Å². The average Bonchev–Trinajstić information content (AvgIpc) is 2.60. The highest BCUT2D eigenvalue weighted by atomic mass is 16.1. The molecule has 19 heavy (non-hydrogen) atoms. The first-order valence-electron chi connectivity index (χ1n) is 6.94. The zero-order valence-corrected chi connectivity index (χ0v) is 12.7. The van der Waals surface area contributed by atoms with Gasteiger partial charge in [-0.05, 0) is 27.2 Å². The summed E-state index contributed by atoms with van der Waals surface area (Å²) in [4.78, 5) is 11.6. The van der Waals surface area contributed by atoms with Crippen LogP contribution in [0.1, 0.15) is 43.6 Å². The van der Waals surface area contributed by atoms with Crippen molar-refractivity contribution in [1.29, 1.82) is 0 Å². The van der Waals surface area contributed by atoms with Crippen molar-refractivity contribution >= 4 is 5.91 Å². The summed E-state index contributed by atoms with van der Waals surface area (Å²) in [6.07, 6.45) is 1.48. The SMILES string of the molecule is CCC(C)NC(=O)CCNCc1c(C)nn(C)c1C. The van der Waals surface area contributed by atoms with E-state index in [0.717, 1.165) is 18.7 Å². The normalized spacial score (nSPS) is 12.5. The smallest absolute Gasteiger partial charge is 0.221 e. The third-order valence-corrected chi connectivity index (χ3v) is 3.51. The van der Waals surface area contributed by atoms with Gasteiger partial charge in [0, 0.05) is 43.9 Å². The molecule has 108 valence electrons. The van der Waals surface area contributed by atoms with E-state index >= 15 is 0 Å². The largest absolute Gasteiger partial charge is 0.354 e. The van der Waals surface area contributed by atoms with Crippen molar-refractivity contribution in [1.82, 2.24) is 20.4 Å². The van der Waals surface area contributed by atoms with Crippen LogP contribution in [-0.2, 0) is 18.4 Å². The van der Waals surface area contributed by atoms with Gasteiger partial charge in [-0.3, -0.25) is 9.48 Å². The first kappa shape index (κ1) is 15.7. The van der Waals surface area contributed by atoms with Crippen LogP contribution >= 0.6 is 0 Å². The first-order chi connectivity index (χ1) is 8.95. The number of rotatable bonds is 7. The van der Waals surface area contributed by atoms with Crippen molar-refractivity contribution in [2.45, 2.75) is 53.1 Å². The van der Waals surface area contributed by atoms with Crippen molar-refractivity contribution in [2.75, 3.05) is 6.54 Å². The van der Waals surface area contributed by atoms with E-state index in [9.17, 15) is 4.79 Å². The number of amides is 1. The molecule has 1 amide bonds. The summed E-state index contributed by atoms with van der Waals surface area (Å²) in [5.74, 6) is 0.112. The van der Waals surface area contributed by atoms with Gasteiger partial charge in [0.15, 0.2) is 0 Å². The van der Waals surface area contributed by atoms with E-state index in [1.807, 2.05) is 25.6 Å². The average molecular weight is 266 g/mol. The van der Waals surface area contributed by atoms with Crippen LogP contribution in [0.4, 0.5) is 0 Å². The summed E-state index contributed by atoms with van der Waals surface area (Å²) in [5.41, 5.74) is 3.45. The van der Waals surface area contributed by atoms with Gasteiger partial charge in [-0.1, -0.05) is 6.92 Å². The highest BCUT2D eigenvalue weighted by molar-refractivity contribution is 5.76. The molecule has 0 saturated heterocycles. The predicted molar refractivity (Wildman–Crippen MR) is 76.9 cm³/mol. The third kappa shape index (κ3) is 4.67. The summed E-state index contributed by atoms with van der Waals surface area (Å²) in [6.45, 7) is 9.62. The minimum absolute atomic E-state index is 0.112. The lowest BCUT2D eigenvalue weighted by Crippen LogP contribution is -2.33. The minimum Gasteiger partial charge on any atom is -0.354 e. The second kappa shape index (κ2) is 7.28. The van der Waals surface area contributed by atoms with Crippen molar-refractivity contribution in [3.63, 3.8) is 0 Å². The van der Waals surface area contributed by atoms with Crippen LogP contribution in [0.3, 0.4) is 0 Å². The lowest BCUT2D eigenvalue weighted by molar-refractivity contribution is -0.121. The molecule has 0 bridgehead atoms. The van der Waals surface area contributed by atoms with E-state index in [4.69, 9.17) is 0 Å². The molecular weight excluding hydrogens is 240 g/mol. The fourth-order valence-corrected chi connectivity index (χ4v) is 1.94. The minimum atomic E-state index is 0.112. The summed E-state index contributed by atoms with van der Waals surface area (Å²) in [6, 6.07) is 0.260. The van der Waals surface area contributed by atoms with Crippen LogP contribution in [0.5, 0.6) is 0 Å². The molecular formula is C14H26N4O. The van der Waals surface area contributed by atoms with E-state index < -0.39 is 0 Å². The van der Waals surface area contributed by atoms with Crippen LogP contribution in [-0.4, -0.2) is 28.3 Å². The maximum atomic E-state index is 11.6. The van der Waals surface area contributed by atoms with Crippen LogP contribution in [0.25, 0.3) is 0 Å². The molecule has 0 aliphatic carbocycles. The number of nitrogens with zero attached hydrogens (tertiary/aromatic N) is 2.